The number of carbonyl (C=O) groups is 1. The lowest BCUT2D eigenvalue weighted by atomic mass is 10.1. The van der Waals surface area contributed by atoms with E-state index in [1.54, 1.807) is 0 Å². The monoisotopic (exact) mass is 246 g/mol. The first kappa shape index (κ1) is 13.3. The number of para-hydroxylation sites is 1. The highest BCUT2D eigenvalue weighted by Gasteiger charge is 2.19. The molecule has 0 unspecified atom stereocenters. The molecule has 1 amide bonds. The zero-order chi connectivity index (χ0) is 13.0. The first-order chi connectivity index (χ1) is 7.97. The number of hydrogen-bond donors (Lipinski definition) is 1. The number of nitrogens with one attached hydrogen (secondary N) is 1. The van der Waals surface area contributed by atoms with Gasteiger partial charge in [-0.05, 0) is 12.1 Å². The largest absolute Gasteiger partial charge is 0.385 e. The summed E-state index contributed by atoms with van der Waals surface area (Å²) in [5.41, 5.74) is 0.0502. The molecule has 6 heteroatoms. The Morgan fingerprint density at radius 2 is 2.12 bits per heavy atom. The van der Waals surface area contributed by atoms with E-state index in [0.717, 1.165) is 4.90 Å². The maximum absolute atomic E-state index is 13.4. The van der Waals surface area contributed by atoms with Crippen LogP contribution in [0.25, 0.3) is 0 Å². The van der Waals surface area contributed by atoms with Crippen LogP contribution in [0.15, 0.2) is 18.2 Å². The highest BCUT2D eigenvalue weighted by Crippen LogP contribution is 2.20. The van der Waals surface area contributed by atoms with Crippen molar-refractivity contribution in [2.45, 2.75) is 6.43 Å². The summed E-state index contributed by atoms with van der Waals surface area (Å²) in [6, 6.07) is 3.94. The van der Waals surface area contributed by atoms with E-state index in [4.69, 9.17) is 0 Å². The summed E-state index contributed by atoms with van der Waals surface area (Å²) < 4.78 is 37.6. The number of nitrogens with zero attached hydrogens (tertiary/aromatic N) is 1. The Balaban J connectivity index is 3.00. The number of anilines is 1. The van der Waals surface area contributed by atoms with E-state index in [-0.39, 0.29) is 11.3 Å². The van der Waals surface area contributed by atoms with Crippen molar-refractivity contribution >= 4 is 11.6 Å². The van der Waals surface area contributed by atoms with Crippen LogP contribution in [0.5, 0.6) is 0 Å². The van der Waals surface area contributed by atoms with E-state index in [9.17, 15) is 18.0 Å². The molecule has 1 rings (SSSR count). The summed E-state index contributed by atoms with van der Waals surface area (Å²) in [5.74, 6) is -1.24. The Labute approximate surface area is 97.2 Å². The van der Waals surface area contributed by atoms with Gasteiger partial charge in [-0.25, -0.2) is 13.2 Å². The second kappa shape index (κ2) is 5.56. The molecular weight excluding hydrogens is 233 g/mol. The van der Waals surface area contributed by atoms with Gasteiger partial charge in [-0.15, -0.1) is 0 Å². The lowest BCUT2D eigenvalue weighted by Gasteiger charge is -2.18. The molecule has 0 radical (unpaired) electrons. The number of carbonyl (C=O) groups excluding carboxylic acids is 1. The van der Waals surface area contributed by atoms with Gasteiger partial charge >= 0.3 is 0 Å². The van der Waals surface area contributed by atoms with Crippen molar-refractivity contribution in [1.82, 2.24) is 4.90 Å². The predicted molar refractivity (Wildman–Crippen MR) is 58.9 cm³/mol. The summed E-state index contributed by atoms with van der Waals surface area (Å²) in [6.45, 7) is -0.682. The molecule has 0 atom stereocenters. The van der Waals surface area contributed by atoms with Gasteiger partial charge in [0.1, 0.15) is 5.82 Å². The third-order valence-electron chi connectivity index (χ3n) is 2.25. The van der Waals surface area contributed by atoms with Crippen molar-refractivity contribution in [1.29, 1.82) is 0 Å². The normalized spacial score (nSPS) is 10.5. The first-order valence-corrected chi connectivity index (χ1v) is 4.97. The maximum atomic E-state index is 13.4. The molecule has 1 N–H and O–H groups in total. The highest BCUT2D eigenvalue weighted by atomic mass is 19.3. The van der Waals surface area contributed by atoms with Crippen molar-refractivity contribution in [3.05, 3.63) is 29.6 Å². The number of rotatable bonds is 4. The maximum Gasteiger partial charge on any atom is 0.255 e. The highest BCUT2D eigenvalue weighted by molar-refractivity contribution is 5.99. The number of alkyl halides is 2. The lowest BCUT2D eigenvalue weighted by molar-refractivity contribution is 0.0621. The van der Waals surface area contributed by atoms with Gasteiger partial charge in [0.05, 0.1) is 17.8 Å². The van der Waals surface area contributed by atoms with Crippen LogP contribution in [-0.4, -0.2) is 37.9 Å². The SMILES string of the molecule is CNc1c(F)cccc1C(=O)N(C)CC(F)F. The van der Waals surface area contributed by atoms with E-state index in [0.29, 0.717) is 0 Å². The van der Waals surface area contributed by atoms with Crippen LogP contribution in [0, 0.1) is 5.82 Å². The quantitative estimate of drug-likeness (QED) is 0.883. The number of hydrogen-bond acceptors (Lipinski definition) is 2. The molecular formula is C11H13F3N2O. The topological polar surface area (TPSA) is 32.3 Å². The lowest BCUT2D eigenvalue weighted by Crippen LogP contribution is -2.31. The molecule has 0 aliphatic rings. The summed E-state index contributed by atoms with van der Waals surface area (Å²) in [5, 5.41) is 2.54. The van der Waals surface area contributed by atoms with Crippen LogP contribution < -0.4 is 5.32 Å². The van der Waals surface area contributed by atoms with Gasteiger partial charge in [0, 0.05) is 14.1 Å². The molecule has 1 aromatic rings. The van der Waals surface area contributed by atoms with E-state index < -0.39 is 24.7 Å². The molecule has 0 aliphatic heterocycles. The standard InChI is InChI=1S/C11H13F3N2O/c1-15-10-7(4-3-5-8(10)12)11(17)16(2)6-9(13)14/h3-5,9,15H,6H2,1-2H3. The van der Waals surface area contributed by atoms with Gasteiger partial charge in [0.2, 0.25) is 0 Å². The molecule has 0 heterocycles. The second-order valence-electron chi connectivity index (χ2n) is 3.49. The molecule has 0 aliphatic carbocycles. The van der Waals surface area contributed by atoms with Gasteiger partial charge in [-0.2, -0.15) is 0 Å². The van der Waals surface area contributed by atoms with Gasteiger partial charge < -0.3 is 10.2 Å². The van der Waals surface area contributed by atoms with Crippen molar-refractivity contribution in [3.63, 3.8) is 0 Å². The Bertz CT molecular complexity index is 410. The summed E-state index contributed by atoms with van der Waals surface area (Å²) in [4.78, 5) is 12.7. The number of amides is 1. The molecule has 94 valence electrons. The molecule has 0 spiro atoms. The van der Waals surface area contributed by atoms with Crippen LogP contribution in [0.1, 0.15) is 10.4 Å². The number of benzene rings is 1. The fourth-order valence-corrected chi connectivity index (χ4v) is 1.45. The Hall–Kier alpha value is -1.72. The van der Waals surface area contributed by atoms with Gasteiger partial charge in [0.25, 0.3) is 12.3 Å². The minimum atomic E-state index is -2.62. The summed E-state index contributed by atoms with van der Waals surface area (Å²) in [7, 11) is 2.71. The fraction of sp³-hybridized carbons (Fsp3) is 0.364. The predicted octanol–water partition coefficient (Wildman–Crippen LogP) is 2.20. The molecule has 0 bridgehead atoms. The molecule has 0 saturated heterocycles. The van der Waals surface area contributed by atoms with E-state index >= 15 is 0 Å². The molecule has 0 saturated carbocycles. The average Bonchev–Trinajstić information content (AvgIpc) is 2.26. The van der Waals surface area contributed by atoms with Crippen molar-refractivity contribution < 1.29 is 18.0 Å². The van der Waals surface area contributed by atoms with Crippen molar-refractivity contribution in [2.75, 3.05) is 26.0 Å². The minimum Gasteiger partial charge on any atom is -0.385 e. The Kier molecular flexibility index (Phi) is 4.37. The molecule has 1 aromatic carbocycles. The van der Waals surface area contributed by atoms with Crippen molar-refractivity contribution in [2.24, 2.45) is 0 Å². The van der Waals surface area contributed by atoms with E-state index in [2.05, 4.69) is 5.32 Å². The average molecular weight is 246 g/mol. The van der Waals surface area contributed by atoms with Crippen LogP contribution in [0.2, 0.25) is 0 Å². The van der Waals surface area contributed by atoms with Crippen LogP contribution >= 0.6 is 0 Å². The Morgan fingerprint density at radius 3 is 2.65 bits per heavy atom. The first-order valence-electron chi connectivity index (χ1n) is 4.97. The zero-order valence-corrected chi connectivity index (χ0v) is 9.51. The third kappa shape index (κ3) is 3.12. The zero-order valence-electron chi connectivity index (χ0n) is 9.51. The van der Waals surface area contributed by atoms with Crippen LogP contribution in [0.4, 0.5) is 18.9 Å². The Morgan fingerprint density at radius 1 is 1.47 bits per heavy atom. The summed E-state index contributed by atoms with van der Waals surface area (Å²) in [6.07, 6.45) is -2.62. The minimum absolute atomic E-state index is 0.0126. The van der Waals surface area contributed by atoms with Crippen molar-refractivity contribution in [3.8, 4) is 0 Å². The summed E-state index contributed by atoms with van der Waals surface area (Å²) >= 11 is 0. The fourth-order valence-electron chi connectivity index (χ4n) is 1.45. The molecule has 3 nitrogen and oxygen atoms in total. The van der Waals surface area contributed by atoms with Gasteiger partial charge in [-0.1, -0.05) is 6.07 Å². The molecule has 0 aromatic heterocycles. The van der Waals surface area contributed by atoms with E-state index in [1.165, 1.54) is 32.3 Å². The van der Waals surface area contributed by atoms with Gasteiger partial charge in [0.15, 0.2) is 0 Å². The van der Waals surface area contributed by atoms with Crippen LogP contribution in [-0.2, 0) is 0 Å². The number of halogens is 3. The van der Waals surface area contributed by atoms with E-state index in [1.807, 2.05) is 0 Å². The molecule has 0 fully saturated rings. The third-order valence-corrected chi connectivity index (χ3v) is 2.25. The smallest absolute Gasteiger partial charge is 0.255 e. The van der Waals surface area contributed by atoms with Gasteiger partial charge in [-0.3, -0.25) is 4.79 Å². The van der Waals surface area contributed by atoms with Crippen LogP contribution in [0.3, 0.4) is 0 Å². The second-order valence-corrected chi connectivity index (χ2v) is 3.49. The molecule has 17 heavy (non-hydrogen) atoms.